The molecule has 1 saturated carbocycles. The van der Waals surface area contributed by atoms with Gasteiger partial charge in [-0.1, -0.05) is 46.3 Å². The van der Waals surface area contributed by atoms with Crippen molar-refractivity contribution in [3.8, 4) is 5.75 Å². The fraction of sp³-hybridized carbons (Fsp3) is 0.278. The molecule has 3 rings (SSSR count). The van der Waals surface area contributed by atoms with E-state index in [4.69, 9.17) is 4.74 Å². The number of benzene rings is 2. The Balaban J connectivity index is 1.50. The van der Waals surface area contributed by atoms with E-state index in [0.29, 0.717) is 11.0 Å². The second-order valence-corrected chi connectivity index (χ2v) is 6.70. The van der Waals surface area contributed by atoms with Crippen molar-refractivity contribution in [1.29, 1.82) is 0 Å². The van der Waals surface area contributed by atoms with Gasteiger partial charge in [-0.2, -0.15) is 0 Å². The molecule has 1 aliphatic carbocycles. The highest BCUT2D eigenvalue weighted by molar-refractivity contribution is 9.10. The number of carbonyl (C=O) groups is 1. The number of hydrogen-bond acceptors (Lipinski definition) is 2. The maximum absolute atomic E-state index is 13.6. The summed E-state index contributed by atoms with van der Waals surface area (Å²) in [5, 5.41) is 2.89. The number of nitrogens with one attached hydrogen (secondary N) is 1. The van der Waals surface area contributed by atoms with Crippen molar-refractivity contribution < 1.29 is 13.9 Å². The molecule has 23 heavy (non-hydrogen) atoms. The molecule has 0 aromatic heterocycles. The predicted molar refractivity (Wildman–Crippen MR) is 90.0 cm³/mol. The Labute approximate surface area is 143 Å². The molecular formula is C18H17BrFNO2. The van der Waals surface area contributed by atoms with E-state index in [1.165, 1.54) is 17.7 Å². The van der Waals surface area contributed by atoms with Crippen LogP contribution in [0.4, 0.5) is 4.39 Å². The summed E-state index contributed by atoms with van der Waals surface area (Å²) >= 11 is 3.18. The molecule has 5 heteroatoms. The average Bonchev–Trinajstić information content (AvgIpc) is 3.34. The van der Waals surface area contributed by atoms with Gasteiger partial charge in [0, 0.05) is 16.4 Å². The van der Waals surface area contributed by atoms with Crippen LogP contribution < -0.4 is 10.1 Å². The molecule has 1 fully saturated rings. The average molecular weight is 378 g/mol. The van der Waals surface area contributed by atoms with Crippen molar-refractivity contribution >= 4 is 21.8 Å². The smallest absolute Gasteiger partial charge is 0.257 e. The van der Waals surface area contributed by atoms with E-state index in [-0.39, 0.29) is 23.7 Å². The molecule has 0 saturated heterocycles. The normalized spacial score (nSPS) is 15.0. The molecule has 1 amide bonds. The number of ether oxygens (including phenoxy) is 1. The summed E-state index contributed by atoms with van der Waals surface area (Å²) in [4.78, 5) is 11.9. The van der Waals surface area contributed by atoms with Crippen LogP contribution in [-0.2, 0) is 10.2 Å². The van der Waals surface area contributed by atoms with Gasteiger partial charge in [0.2, 0.25) is 0 Å². The molecule has 0 heterocycles. The summed E-state index contributed by atoms with van der Waals surface area (Å²) in [7, 11) is 0. The molecule has 0 unspecified atom stereocenters. The van der Waals surface area contributed by atoms with Crippen LogP contribution in [0, 0.1) is 5.82 Å². The molecule has 1 aliphatic rings. The number of halogens is 2. The summed E-state index contributed by atoms with van der Waals surface area (Å²) in [6.45, 7) is 0.394. The third kappa shape index (κ3) is 3.91. The van der Waals surface area contributed by atoms with Gasteiger partial charge < -0.3 is 10.1 Å². The first-order chi connectivity index (χ1) is 11.1. The third-order valence-electron chi connectivity index (χ3n) is 4.12. The fourth-order valence-corrected chi connectivity index (χ4v) is 2.90. The number of rotatable bonds is 6. The number of hydrogen-bond donors (Lipinski definition) is 1. The van der Waals surface area contributed by atoms with E-state index in [1.54, 1.807) is 6.07 Å². The Hall–Kier alpha value is -1.88. The van der Waals surface area contributed by atoms with Crippen molar-refractivity contribution in [2.45, 2.75) is 18.3 Å². The van der Waals surface area contributed by atoms with Gasteiger partial charge in [0.05, 0.1) is 0 Å². The van der Waals surface area contributed by atoms with Gasteiger partial charge >= 0.3 is 0 Å². The molecule has 0 aliphatic heterocycles. The Morgan fingerprint density at radius 2 is 1.96 bits per heavy atom. The van der Waals surface area contributed by atoms with E-state index in [1.807, 2.05) is 18.2 Å². The molecule has 1 N–H and O–H groups in total. The molecule has 0 radical (unpaired) electrons. The summed E-state index contributed by atoms with van der Waals surface area (Å²) in [6.07, 6.45) is 2.14. The fourth-order valence-electron chi connectivity index (χ4n) is 2.56. The minimum atomic E-state index is -0.491. The predicted octanol–water partition coefficient (Wildman–Crippen LogP) is 3.82. The zero-order valence-electron chi connectivity index (χ0n) is 12.5. The number of carbonyl (C=O) groups excluding carboxylic acids is 1. The lowest BCUT2D eigenvalue weighted by Crippen LogP contribution is -2.35. The molecule has 0 bridgehead atoms. The van der Waals surface area contributed by atoms with Gasteiger partial charge in [0.1, 0.15) is 0 Å². The monoisotopic (exact) mass is 377 g/mol. The maximum Gasteiger partial charge on any atom is 0.257 e. The van der Waals surface area contributed by atoms with Gasteiger partial charge in [-0.05, 0) is 36.6 Å². The zero-order valence-corrected chi connectivity index (χ0v) is 14.1. The van der Waals surface area contributed by atoms with E-state index in [2.05, 4.69) is 33.4 Å². The van der Waals surface area contributed by atoms with Crippen LogP contribution in [0.1, 0.15) is 18.4 Å². The van der Waals surface area contributed by atoms with Crippen molar-refractivity contribution in [2.24, 2.45) is 0 Å². The standard InChI is InChI=1S/C18H17BrFNO2/c19-14-6-7-16(15(20)10-14)23-11-17(22)21-12-18(8-9-18)13-4-2-1-3-5-13/h1-7,10H,8-9,11-12H2,(H,21,22). The number of amides is 1. The van der Waals surface area contributed by atoms with E-state index < -0.39 is 5.82 Å². The molecule has 0 spiro atoms. The first-order valence-corrected chi connectivity index (χ1v) is 8.28. The highest BCUT2D eigenvalue weighted by Crippen LogP contribution is 2.47. The first-order valence-electron chi connectivity index (χ1n) is 7.49. The Kier molecular flexibility index (Phi) is 4.66. The molecule has 120 valence electrons. The van der Waals surface area contributed by atoms with Crippen LogP contribution in [0.15, 0.2) is 53.0 Å². The Morgan fingerprint density at radius 1 is 1.22 bits per heavy atom. The van der Waals surface area contributed by atoms with Crippen molar-refractivity contribution in [2.75, 3.05) is 13.2 Å². The summed E-state index contributed by atoms with van der Waals surface area (Å²) in [5.41, 5.74) is 1.31. The first kappa shape index (κ1) is 16.0. The van der Waals surface area contributed by atoms with Gasteiger partial charge in [-0.15, -0.1) is 0 Å². The molecule has 2 aromatic rings. The second kappa shape index (κ2) is 6.71. The van der Waals surface area contributed by atoms with Gasteiger partial charge in [-0.25, -0.2) is 4.39 Å². The van der Waals surface area contributed by atoms with Crippen LogP contribution in [0.3, 0.4) is 0 Å². The highest BCUT2D eigenvalue weighted by atomic mass is 79.9. The Morgan fingerprint density at radius 3 is 2.61 bits per heavy atom. The lowest BCUT2D eigenvalue weighted by molar-refractivity contribution is -0.123. The summed E-state index contributed by atoms with van der Waals surface area (Å²) in [5.74, 6) is -0.655. The van der Waals surface area contributed by atoms with E-state index >= 15 is 0 Å². The van der Waals surface area contributed by atoms with Crippen molar-refractivity contribution in [1.82, 2.24) is 5.32 Å². The zero-order chi connectivity index (χ0) is 16.3. The molecule has 2 aromatic carbocycles. The minimum absolute atomic E-state index is 0.0553. The largest absolute Gasteiger partial charge is 0.481 e. The molecule has 3 nitrogen and oxygen atoms in total. The van der Waals surface area contributed by atoms with Gasteiger partial charge in [-0.3, -0.25) is 4.79 Å². The van der Waals surface area contributed by atoms with Crippen LogP contribution >= 0.6 is 15.9 Å². The Bertz CT molecular complexity index is 701. The minimum Gasteiger partial charge on any atom is -0.481 e. The molecule has 0 atom stereocenters. The topological polar surface area (TPSA) is 38.3 Å². The van der Waals surface area contributed by atoms with Crippen molar-refractivity contribution in [3.63, 3.8) is 0 Å². The van der Waals surface area contributed by atoms with Gasteiger partial charge in [0.25, 0.3) is 5.91 Å². The van der Waals surface area contributed by atoms with Crippen LogP contribution in [0.25, 0.3) is 0 Å². The summed E-state index contributed by atoms with van der Waals surface area (Å²) < 4.78 is 19.5. The second-order valence-electron chi connectivity index (χ2n) is 5.79. The maximum atomic E-state index is 13.6. The van der Waals surface area contributed by atoms with Crippen LogP contribution in [-0.4, -0.2) is 19.1 Å². The quantitative estimate of drug-likeness (QED) is 0.830. The van der Waals surface area contributed by atoms with Gasteiger partial charge in [0.15, 0.2) is 18.2 Å². The SMILES string of the molecule is O=C(COc1ccc(Br)cc1F)NCC1(c2ccccc2)CC1. The summed E-state index contributed by atoms with van der Waals surface area (Å²) in [6, 6.07) is 14.7. The molecular weight excluding hydrogens is 361 g/mol. The van der Waals surface area contributed by atoms with E-state index in [9.17, 15) is 9.18 Å². The lowest BCUT2D eigenvalue weighted by atomic mass is 9.96. The van der Waals surface area contributed by atoms with E-state index in [0.717, 1.165) is 12.8 Å². The third-order valence-corrected chi connectivity index (χ3v) is 4.61. The van der Waals surface area contributed by atoms with Crippen molar-refractivity contribution in [3.05, 3.63) is 64.4 Å². The lowest BCUT2D eigenvalue weighted by Gasteiger charge is -2.16. The highest BCUT2D eigenvalue weighted by Gasteiger charge is 2.44. The van der Waals surface area contributed by atoms with Crippen LogP contribution in [0.2, 0.25) is 0 Å². The van der Waals surface area contributed by atoms with Crippen LogP contribution in [0.5, 0.6) is 5.75 Å².